The standard InChI is InChI=1S/C18H19F3N2O6/c1-3-4-13-9-14(22-17(25)18(19,20)21)15(10(2)28-13)29-16(24)11-5-7-12(8-6-11)23(26)27/h3,5-8,10,13-15H,1,4,9H2,2H3,(H,22,25)/t10-,13+,14+,15+/m1/s1. The monoisotopic (exact) mass is 416 g/mol. The Hall–Kier alpha value is -2.95. The molecular weight excluding hydrogens is 397 g/mol. The van der Waals surface area contributed by atoms with Crippen molar-refractivity contribution >= 4 is 17.6 Å². The third-order valence-electron chi connectivity index (χ3n) is 4.34. The van der Waals surface area contributed by atoms with Crippen molar-refractivity contribution in [1.82, 2.24) is 5.32 Å². The molecule has 0 unspecified atom stereocenters. The fourth-order valence-electron chi connectivity index (χ4n) is 3.00. The van der Waals surface area contributed by atoms with E-state index in [1.165, 1.54) is 25.1 Å². The Bertz CT molecular complexity index is 781. The highest BCUT2D eigenvalue weighted by atomic mass is 19.4. The topological polar surface area (TPSA) is 108 Å². The van der Waals surface area contributed by atoms with Crippen LogP contribution >= 0.6 is 0 Å². The van der Waals surface area contributed by atoms with Crippen LogP contribution in [-0.4, -0.2) is 47.3 Å². The van der Waals surface area contributed by atoms with Crippen molar-refractivity contribution < 1.29 is 37.2 Å². The van der Waals surface area contributed by atoms with Crippen LogP contribution in [0.15, 0.2) is 36.9 Å². The minimum atomic E-state index is -5.09. The van der Waals surface area contributed by atoms with Crippen LogP contribution in [0.25, 0.3) is 0 Å². The first kappa shape index (κ1) is 22.3. The summed E-state index contributed by atoms with van der Waals surface area (Å²) in [6.07, 6.45) is -5.75. The largest absolute Gasteiger partial charge is 0.471 e. The summed E-state index contributed by atoms with van der Waals surface area (Å²) in [5, 5.41) is 12.6. The molecule has 1 saturated heterocycles. The number of nitro benzene ring substituents is 1. The number of carbonyl (C=O) groups is 2. The maximum Gasteiger partial charge on any atom is 0.471 e. The lowest BCUT2D eigenvalue weighted by Gasteiger charge is -2.40. The summed E-state index contributed by atoms with van der Waals surface area (Å²) in [4.78, 5) is 33.8. The van der Waals surface area contributed by atoms with Gasteiger partial charge in [0.25, 0.3) is 5.69 Å². The van der Waals surface area contributed by atoms with E-state index in [-0.39, 0.29) is 17.7 Å². The zero-order valence-electron chi connectivity index (χ0n) is 15.3. The third kappa shape index (κ3) is 5.76. The molecule has 0 radical (unpaired) electrons. The number of nitrogens with zero attached hydrogens (tertiary/aromatic N) is 1. The predicted molar refractivity (Wildman–Crippen MR) is 94.1 cm³/mol. The number of hydrogen-bond acceptors (Lipinski definition) is 6. The number of nitrogens with one attached hydrogen (secondary N) is 1. The molecule has 4 atom stereocenters. The lowest BCUT2D eigenvalue weighted by atomic mass is 9.94. The number of ether oxygens (including phenoxy) is 2. The number of halogens is 3. The van der Waals surface area contributed by atoms with Crippen molar-refractivity contribution in [3.8, 4) is 0 Å². The lowest BCUT2D eigenvalue weighted by molar-refractivity contribution is -0.384. The molecule has 0 saturated carbocycles. The SMILES string of the molecule is C=CC[C@H]1C[C@H](NC(=O)C(F)(F)F)[C@@H](OC(=O)c2ccc([N+](=O)[O-])cc2)[C@@H](C)O1. The molecule has 29 heavy (non-hydrogen) atoms. The van der Waals surface area contributed by atoms with Gasteiger partial charge in [-0.05, 0) is 31.9 Å². The van der Waals surface area contributed by atoms with Crippen LogP contribution in [0.2, 0.25) is 0 Å². The van der Waals surface area contributed by atoms with Gasteiger partial charge in [0, 0.05) is 12.1 Å². The fourth-order valence-corrected chi connectivity index (χ4v) is 3.00. The number of benzene rings is 1. The average molecular weight is 416 g/mol. The van der Waals surface area contributed by atoms with E-state index in [2.05, 4.69) is 6.58 Å². The first-order valence-electron chi connectivity index (χ1n) is 8.62. The molecule has 1 amide bonds. The summed E-state index contributed by atoms with van der Waals surface area (Å²) in [6, 6.07) is 3.39. The quantitative estimate of drug-likeness (QED) is 0.331. The summed E-state index contributed by atoms with van der Waals surface area (Å²) >= 11 is 0. The molecule has 1 aliphatic heterocycles. The Labute approximate surface area is 163 Å². The molecule has 0 aliphatic carbocycles. The van der Waals surface area contributed by atoms with Gasteiger partial charge in [0.2, 0.25) is 0 Å². The van der Waals surface area contributed by atoms with Gasteiger partial charge in [0.1, 0.15) is 6.10 Å². The molecule has 0 bridgehead atoms. The van der Waals surface area contributed by atoms with Crippen molar-refractivity contribution in [2.75, 3.05) is 0 Å². The Balaban J connectivity index is 2.18. The third-order valence-corrected chi connectivity index (χ3v) is 4.34. The predicted octanol–water partition coefficient (Wildman–Crippen LogP) is 2.92. The lowest BCUT2D eigenvalue weighted by Crippen LogP contribution is -2.58. The molecule has 8 nitrogen and oxygen atoms in total. The summed E-state index contributed by atoms with van der Waals surface area (Å²) in [5.74, 6) is -3.06. The summed E-state index contributed by atoms with van der Waals surface area (Å²) in [5.41, 5.74) is -0.268. The second-order valence-corrected chi connectivity index (χ2v) is 6.47. The van der Waals surface area contributed by atoms with E-state index in [1.54, 1.807) is 0 Å². The molecule has 1 aromatic rings. The Morgan fingerprint density at radius 1 is 1.38 bits per heavy atom. The number of carbonyl (C=O) groups excluding carboxylic acids is 2. The number of alkyl halides is 3. The average Bonchev–Trinajstić information content (AvgIpc) is 2.64. The van der Waals surface area contributed by atoms with Crippen molar-refractivity contribution in [3.63, 3.8) is 0 Å². The molecule has 0 aromatic heterocycles. The molecule has 2 rings (SSSR count). The molecular formula is C18H19F3N2O6. The van der Waals surface area contributed by atoms with Gasteiger partial charge in [-0.1, -0.05) is 6.08 Å². The van der Waals surface area contributed by atoms with Gasteiger partial charge in [-0.25, -0.2) is 4.79 Å². The first-order chi connectivity index (χ1) is 13.5. The van der Waals surface area contributed by atoms with E-state index < -0.39 is 47.3 Å². The normalized spacial score (nSPS) is 24.4. The van der Waals surface area contributed by atoms with Crippen LogP contribution in [0.1, 0.15) is 30.1 Å². The smallest absolute Gasteiger partial charge is 0.454 e. The Morgan fingerprint density at radius 3 is 2.52 bits per heavy atom. The second-order valence-electron chi connectivity index (χ2n) is 6.47. The molecule has 1 aliphatic rings. The maximum atomic E-state index is 12.7. The highest BCUT2D eigenvalue weighted by molar-refractivity contribution is 5.90. The number of amides is 1. The maximum absolute atomic E-state index is 12.7. The minimum Gasteiger partial charge on any atom is -0.454 e. The van der Waals surface area contributed by atoms with E-state index in [4.69, 9.17) is 9.47 Å². The van der Waals surface area contributed by atoms with Gasteiger partial charge >= 0.3 is 18.1 Å². The van der Waals surface area contributed by atoms with Gasteiger partial charge in [0.05, 0.1) is 28.7 Å². The van der Waals surface area contributed by atoms with Crippen LogP contribution in [-0.2, 0) is 14.3 Å². The van der Waals surface area contributed by atoms with Crippen LogP contribution in [0.3, 0.4) is 0 Å². The molecule has 1 N–H and O–H groups in total. The van der Waals surface area contributed by atoms with Gasteiger partial charge in [-0.3, -0.25) is 14.9 Å². The Morgan fingerprint density at radius 2 is 2.00 bits per heavy atom. The van der Waals surface area contributed by atoms with Crippen molar-refractivity contribution in [2.24, 2.45) is 0 Å². The zero-order valence-corrected chi connectivity index (χ0v) is 15.3. The summed E-state index contributed by atoms with van der Waals surface area (Å²) in [7, 11) is 0. The molecule has 1 heterocycles. The van der Waals surface area contributed by atoms with E-state index in [9.17, 15) is 32.9 Å². The van der Waals surface area contributed by atoms with Gasteiger partial charge < -0.3 is 14.8 Å². The van der Waals surface area contributed by atoms with Crippen molar-refractivity contribution in [2.45, 2.75) is 50.3 Å². The molecule has 0 spiro atoms. The molecule has 11 heteroatoms. The van der Waals surface area contributed by atoms with Crippen LogP contribution < -0.4 is 5.32 Å². The van der Waals surface area contributed by atoms with Crippen LogP contribution in [0.4, 0.5) is 18.9 Å². The first-order valence-corrected chi connectivity index (χ1v) is 8.62. The van der Waals surface area contributed by atoms with E-state index >= 15 is 0 Å². The van der Waals surface area contributed by atoms with E-state index in [1.807, 2.05) is 5.32 Å². The summed E-state index contributed by atoms with van der Waals surface area (Å²) in [6.45, 7) is 5.06. The van der Waals surface area contributed by atoms with E-state index in [0.717, 1.165) is 12.1 Å². The minimum absolute atomic E-state index is 0.0175. The highest BCUT2D eigenvalue weighted by Crippen LogP contribution is 2.27. The Kier molecular flexibility index (Phi) is 6.96. The number of esters is 1. The number of hydrogen-bond donors (Lipinski definition) is 1. The van der Waals surface area contributed by atoms with Gasteiger partial charge in [0.15, 0.2) is 0 Å². The number of nitro groups is 1. The number of non-ortho nitro benzene ring substituents is 1. The number of rotatable bonds is 6. The highest BCUT2D eigenvalue weighted by Gasteiger charge is 2.45. The summed E-state index contributed by atoms with van der Waals surface area (Å²) < 4.78 is 49.0. The van der Waals surface area contributed by atoms with Crippen molar-refractivity contribution in [1.29, 1.82) is 0 Å². The zero-order chi connectivity index (χ0) is 21.8. The van der Waals surface area contributed by atoms with Crippen LogP contribution in [0.5, 0.6) is 0 Å². The second kappa shape index (κ2) is 9.03. The van der Waals surface area contributed by atoms with Gasteiger partial charge in [-0.2, -0.15) is 13.2 Å². The van der Waals surface area contributed by atoms with Gasteiger partial charge in [-0.15, -0.1) is 6.58 Å². The van der Waals surface area contributed by atoms with Crippen molar-refractivity contribution in [3.05, 3.63) is 52.6 Å². The molecule has 1 fully saturated rings. The fraction of sp³-hybridized carbons (Fsp3) is 0.444. The van der Waals surface area contributed by atoms with E-state index in [0.29, 0.717) is 6.42 Å². The molecule has 1 aromatic carbocycles. The van der Waals surface area contributed by atoms with Crippen LogP contribution in [0, 0.1) is 10.1 Å². The molecule has 158 valence electrons.